The Bertz CT molecular complexity index is 815. The molecule has 9 nitrogen and oxygen atoms in total. The molecule has 0 radical (unpaired) electrons. The molecule has 146 valence electrons. The number of carbonyl (C=O) groups is 3. The van der Waals surface area contributed by atoms with Crippen LogP contribution >= 0.6 is 0 Å². The van der Waals surface area contributed by atoms with Crippen LogP contribution in [0.15, 0.2) is 23.4 Å². The van der Waals surface area contributed by atoms with Crippen LogP contribution in [0.4, 0.5) is 0 Å². The largest absolute Gasteiger partial charge is 0.493 e. The highest BCUT2D eigenvalue weighted by atomic mass is 16.5. The zero-order valence-corrected chi connectivity index (χ0v) is 15.7. The second-order valence-corrected chi connectivity index (χ2v) is 6.38. The van der Waals surface area contributed by atoms with E-state index in [9.17, 15) is 24.6 Å². The molecule has 1 aliphatic heterocycles. The summed E-state index contributed by atoms with van der Waals surface area (Å²) in [5, 5.41) is 19.0. The maximum Gasteiger partial charge on any atom is 0.353 e. The Kier molecular flexibility index (Phi) is 5.34. The van der Waals surface area contributed by atoms with Gasteiger partial charge in [-0.2, -0.15) is 0 Å². The maximum absolute atomic E-state index is 12.8. The van der Waals surface area contributed by atoms with Crippen LogP contribution < -0.4 is 14.2 Å². The topological polar surface area (TPSA) is 123 Å². The summed E-state index contributed by atoms with van der Waals surface area (Å²) in [6.45, 7) is 2.60. The number of nitrogens with zero attached hydrogens (tertiary/aromatic N) is 1. The van der Waals surface area contributed by atoms with Gasteiger partial charge in [-0.25, -0.2) is 9.59 Å². The second kappa shape index (κ2) is 7.18. The number of benzene rings is 1. The lowest BCUT2D eigenvalue weighted by atomic mass is 9.85. The highest BCUT2D eigenvalue weighted by Gasteiger charge is 2.51. The van der Waals surface area contributed by atoms with E-state index in [4.69, 9.17) is 14.2 Å². The van der Waals surface area contributed by atoms with Crippen molar-refractivity contribution in [3.05, 3.63) is 29.0 Å². The average molecular weight is 379 g/mol. The normalized spacial score (nSPS) is 15.7. The summed E-state index contributed by atoms with van der Waals surface area (Å²) in [7, 11) is 4.30. The lowest BCUT2D eigenvalue weighted by Crippen LogP contribution is -2.34. The molecule has 0 aliphatic carbocycles. The average Bonchev–Trinajstić information content (AvgIpc) is 2.81. The van der Waals surface area contributed by atoms with E-state index in [-0.39, 0.29) is 6.54 Å². The van der Waals surface area contributed by atoms with Gasteiger partial charge in [0.25, 0.3) is 0 Å². The SMILES string of the molecule is COc1cc(CN2C(=O)C(C)(C)C(C(=O)O)=C2C(=O)O)cc(OC)c1OC. The molecule has 0 aromatic heterocycles. The number of ether oxygens (including phenoxy) is 3. The van der Waals surface area contributed by atoms with Crippen molar-refractivity contribution in [2.45, 2.75) is 20.4 Å². The molecule has 0 atom stereocenters. The standard InChI is InChI=1S/C18H21NO8/c1-18(2)12(15(20)21)13(16(22)23)19(17(18)24)8-9-6-10(25-3)14(27-5)11(7-9)26-4/h6-7H,8H2,1-5H3,(H,20,21)(H,22,23). The van der Waals surface area contributed by atoms with Crippen LogP contribution in [0.3, 0.4) is 0 Å². The van der Waals surface area contributed by atoms with E-state index in [1.54, 1.807) is 12.1 Å². The Balaban J connectivity index is 2.58. The monoisotopic (exact) mass is 379 g/mol. The van der Waals surface area contributed by atoms with Gasteiger partial charge in [0.1, 0.15) is 5.70 Å². The first-order valence-corrected chi connectivity index (χ1v) is 7.92. The highest BCUT2D eigenvalue weighted by Crippen LogP contribution is 2.43. The van der Waals surface area contributed by atoms with Crippen LogP contribution in [-0.2, 0) is 20.9 Å². The van der Waals surface area contributed by atoms with Crippen molar-refractivity contribution < 1.29 is 38.8 Å². The van der Waals surface area contributed by atoms with Crippen LogP contribution in [-0.4, -0.2) is 54.3 Å². The first kappa shape index (κ1) is 20.1. The van der Waals surface area contributed by atoms with Crippen molar-refractivity contribution in [1.29, 1.82) is 0 Å². The van der Waals surface area contributed by atoms with E-state index in [1.165, 1.54) is 35.2 Å². The number of amides is 1. The van der Waals surface area contributed by atoms with Crippen LogP contribution in [0.5, 0.6) is 17.2 Å². The zero-order chi connectivity index (χ0) is 20.5. The van der Waals surface area contributed by atoms with Crippen LogP contribution in [0.1, 0.15) is 19.4 Å². The highest BCUT2D eigenvalue weighted by molar-refractivity contribution is 6.11. The van der Waals surface area contributed by atoms with Crippen molar-refractivity contribution in [1.82, 2.24) is 4.90 Å². The van der Waals surface area contributed by atoms with Crippen molar-refractivity contribution in [2.24, 2.45) is 5.41 Å². The minimum absolute atomic E-state index is 0.169. The van der Waals surface area contributed by atoms with Gasteiger partial charge in [0.15, 0.2) is 11.5 Å². The zero-order valence-electron chi connectivity index (χ0n) is 15.7. The fraction of sp³-hybridized carbons (Fsp3) is 0.389. The summed E-state index contributed by atoms with van der Waals surface area (Å²) in [4.78, 5) is 37.0. The molecule has 0 fully saturated rings. The fourth-order valence-corrected chi connectivity index (χ4v) is 3.13. The summed E-state index contributed by atoms with van der Waals surface area (Å²) >= 11 is 0. The number of hydrogen-bond acceptors (Lipinski definition) is 6. The van der Waals surface area contributed by atoms with Gasteiger partial charge >= 0.3 is 11.9 Å². The van der Waals surface area contributed by atoms with Gasteiger partial charge in [0.05, 0.1) is 38.9 Å². The third-order valence-corrected chi connectivity index (χ3v) is 4.39. The third kappa shape index (κ3) is 3.27. The van der Waals surface area contributed by atoms with Crippen LogP contribution in [0.25, 0.3) is 0 Å². The molecular weight excluding hydrogens is 358 g/mol. The number of hydrogen-bond donors (Lipinski definition) is 2. The van der Waals surface area contributed by atoms with E-state index in [0.29, 0.717) is 22.8 Å². The number of rotatable bonds is 7. The molecule has 27 heavy (non-hydrogen) atoms. The minimum atomic E-state index is -1.49. The van der Waals surface area contributed by atoms with Gasteiger partial charge in [0.2, 0.25) is 11.7 Å². The van der Waals surface area contributed by atoms with Gasteiger partial charge in [-0.1, -0.05) is 0 Å². The van der Waals surface area contributed by atoms with Crippen LogP contribution in [0, 0.1) is 5.41 Å². The van der Waals surface area contributed by atoms with E-state index in [2.05, 4.69) is 0 Å². The lowest BCUT2D eigenvalue weighted by molar-refractivity contribution is -0.141. The smallest absolute Gasteiger partial charge is 0.353 e. The molecule has 2 N–H and O–H groups in total. The summed E-state index contributed by atoms with van der Waals surface area (Å²) in [6.07, 6.45) is 0. The quantitative estimate of drug-likeness (QED) is 0.731. The lowest BCUT2D eigenvalue weighted by Gasteiger charge is -2.22. The van der Waals surface area contributed by atoms with Gasteiger partial charge < -0.3 is 29.3 Å². The van der Waals surface area contributed by atoms with Gasteiger partial charge in [-0.05, 0) is 31.5 Å². The third-order valence-electron chi connectivity index (χ3n) is 4.39. The summed E-state index contributed by atoms with van der Waals surface area (Å²) in [5.41, 5.74) is -1.99. The number of carboxylic acid groups (broad SMARTS) is 2. The molecule has 1 aromatic rings. The Morgan fingerprint density at radius 2 is 1.52 bits per heavy atom. The van der Waals surface area contributed by atoms with Crippen molar-refractivity contribution in [2.75, 3.05) is 21.3 Å². The number of carbonyl (C=O) groups excluding carboxylic acids is 1. The molecule has 1 aliphatic rings. The predicted molar refractivity (Wildman–Crippen MR) is 92.7 cm³/mol. The molecule has 0 saturated heterocycles. The number of aliphatic carboxylic acids is 2. The molecule has 1 amide bonds. The van der Waals surface area contributed by atoms with E-state index < -0.39 is 34.5 Å². The van der Waals surface area contributed by atoms with Crippen molar-refractivity contribution in [3.63, 3.8) is 0 Å². The first-order valence-electron chi connectivity index (χ1n) is 7.92. The molecule has 0 bridgehead atoms. The van der Waals surface area contributed by atoms with Gasteiger partial charge in [-0.15, -0.1) is 0 Å². The Morgan fingerprint density at radius 3 is 1.89 bits per heavy atom. The molecule has 2 rings (SSSR count). The molecule has 1 heterocycles. The van der Waals surface area contributed by atoms with E-state index >= 15 is 0 Å². The van der Waals surface area contributed by atoms with Crippen molar-refractivity contribution in [3.8, 4) is 17.2 Å². The second-order valence-electron chi connectivity index (χ2n) is 6.38. The summed E-state index contributed by atoms with van der Waals surface area (Å²) in [6, 6.07) is 3.14. The van der Waals surface area contributed by atoms with E-state index in [1.807, 2.05) is 0 Å². The molecule has 0 spiro atoms. The maximum atomic E-state index is 12.8. The summed E-state index contributed by atoms with van der Waals surface area (Å²) in [5.74, 6) is -2.55. The molecule has 0 unspecified atom stereocenters. The Hall–Kier alpha value is -3.23. The van der Waals surface area contributed by atoms with Gasteiger partial charge in [-0.3, -0.25) is 4.79 Å². The Labute approximate surface area is 155 Å². The molecule has 1 aromatic carbocycles. The molecular formula is C18H21NO8. The van der Waals surface area contributed by atoms with Gasteiger partial charge in [0, 0.05) is 0 Å². The first-order chi connectivity index (χ1) is 12.6. The molecule has 0 saturated carbocycles. The van der Waals surface area contributed by atoms with Crippen LogP contribution in [0.2, 0.25) is 0 Å². The molecule has 9 heteroatoms. The predicted octanol–water partition coefficient (Wildman–Crippen LogP) is 1.50. The van der Waals surface area contributed by atoms with Crippen molar-refractivity contribution >= 4 is 17.8 Å². The number of carboxylic acids is 2. The Morgan fingerprint density at radius 1 is 1.00 bits per heavy atom. The minimum Gasteiger partial charge on any atom is -0.493 e. The fourth-order valence-electron chi connectivity index (χ4n) is 3.13. The van der Waals surface area contributed by atoms with E-state index in [0.717, 1.165) is 4.90 Å². The summed E-state index contributed by atoms with van der Waals surface area (Å²) < 4.78 is 15.7. The number of methoxy groups -OCH3 is 3.